The Bertz CT molecular complexity index is 655. The van der Waals surface area contributed by atoms with Crippen molar-refractivity contribution in [3.8, 4) is 0 Å². The van der Waals surface area contributed by atoms with Crippen molar-refractivity contribution in [3.63, 3.8) is 0 Å². The standard InChI is InChI=1S/C18H31N7O2/c1-14-6-8-24(12-15(14)25-9-7-19-13-25)18(20-10-16(26)22(2)3)21-11-17(27)23(4)5/h7,9,13-15H,6,8,10-12H2,1-5H3,(H,20,21). The van der Waals surface area contributed by atoms with Crippen LogP contribution in [0.5, 0.6) is 0 Å². The van der Waals surface area contributed by atoms with Crippen LogP contribution in [0.15, 0.2) is 23.7 Å². The first kappa shape index (κ1) is 20.7. The summed E-state index contributed by atoms with van der Waals surface area (Å²) in [5.74, 6) is 0.976. The summed E-state index contributed by atoms with van der Waals surface area (Å²) < 4.78 is 2.12. The Labute approximate surface area is 161 Å². The molecule has 9 nitrogen and oxygen atoms in total. The van der Waals surface area contributed by atoms with Gasteiger partial charge < -0.3 is 24.6 Å². The summed E-state index contributed by atoms with van der Waals surface area (Å²) in [5, 5.41) is 3.13. The lowest BCUT2D eigenvalue weighted by Crippen LogP contribution is -2.51. The molecule has 1 aliphatic heterocycles. The smallest absolute Gasteiger partial charge is 0.243 e. The van der Waals surface area contributed by atoms with Crippen molar-refractivity contribution < 1.29 is 9.59 Å². The van der Waals surface area contributed by atoms with Crippen LogP contribution in [0.1, 0.15) is 19.4 Å². The second kappa shape index (κ2) is 9.38. The van der Waals surface area contributed by atoms with Gasteiger partial charge in [0.15, 0.2) is 5.96 Å². The lowest BCUT2D eigenvalue weighted by molar-refractivity contribution is -0.127. The van der Waals surface area contributed by atoms with Crippen LogP contribution >= 0.6 is 0 Å². The van der Waals surface area contributed by atoms with Crippen molar-refractivity contribution in [2.75, 3.05) is 54.4 Å². The van der Waals surface area contributed by atoms with Crippen molar-refractivity contribution in [3.05, 3.63) is 18.7 Å². The summed E-state index contributed by atoms with van der Waals surface area (Å²) in [6.07, 6.45) is 6.58. The van der Waals surface area contributed by atoms with E-state index in [4.69, 9.17) is 0 Å². The fourth-order valence-electron chi connectivity index (χ4n) is 2.96. The number of piperidine rings is 1. The maximum atomic E-state index is 12.0. The van der Waals surface area contributed by atoms with Gasteiger partial charge in [0.25, 0.3) is 0 Å². The lowest BCUT2D eigenvalue weighted by Gasteiger charge is -2.39. The molecule has 1 aromatic rings. The summed E-state index contributed by atoms with van der Waals surface area (Å²) in [6, 6.07) is 0.266. The molecule has 1 fully saturated rings. The number of aliphatic imine (C=N–C) groups is 1. The molecule has 0 aliphatic carbocycles. The van der Waals surface area contributed by atoms with E-state index in [-0.39, 0.29) is 30.9 Å². The van der Waals surface area contributed by atoms with Crippen LogP contribution in [0.25, 0.3) is 0 Å². The van der Waals surface area contributed by atoms with Crippen LogP contribution in [0.3, 0.4) is 0 Å². The monoisotopic (exact) mass is 377 g/mol. The Kier molecular flexibility index (Phi) is 7.20. The number of rotatable bonds is 5. The first-order chi connectivity index (χ1) is 12.8. The number of nitrogens with zero attached hydrogens (tertiary/aromatic N) is 6. The fraction of sp³-hybridized carbons (Fsp3) is 0.667. The first-order valence-electron chi connectivity index (χ1n) is 9.20. The zero-order chi connectivity index (χ0) is 20.0. The van der Waals surface area contributed by atoms with E-state index in [2.05, 4.69) is 31.7 Å². The van der Waals surface area contributed by atoms with Crippen LogP contribution in [-0.2, 0) is 9.59 Å². The molecule has 9 heteroatoms. The Balaban J connectivity index is 2.14. The molecule has 2 amide bonds. The van der Waals surface area contributed by atoms with Crippen LogP contribution < -0.4 is 5.32 Å². The lowest BCUT2D eigenvalue weighted by atomic mass is 9.93. The molecule has 2 atom stereocenters. The van der Waals surface area contributed by atoms with Crippen LogP contribution in [-0.4, -0.2) is 96.4 Å². The number of amides is 2. The van der Waals surface area contributed by atoms with Gasteiger partial charge in [0.2, 0.25) is 11.8 Å². The Morgan fingerprint density at radius 3 is 2.52 bits per heavy atom. The van der Waals surface area contributed by atoms with E-state index in [1.807, 2.05) is 12.5 Å². The highest BCUT2D eigenvalue weighted by Gasteiger charge is 2.29. The van der Waals surface area contributed by atoms with Crippen LogP contribution in [0, 0.1) is 5.92 Å². The molecule has 2 heterocycles. The van der Waals surface area contributed by atoms with E-state index in [0.717, 1.165) is 19.5 Å². The van der Waals surface area contributed by atoms with Crippen molar-refractivity contribution in [2.24, 2.45) is 10.9 Å². The minimum absolute atomic E-state index is 0.0434. The van der Waals surface area contributed by atoms with Gasteiger partial charge in [-0.15, -0.1) is 0 Å². The molecule has 0 bridgehead atoms. The van der Waals surface area contributed by atoms with Gasteiger partial charge in [-0.25, -0.2) is 9.98 Å². The van der Waals surface area contributed by atoms with E-state index >= 15 is 0 Å². The van der Waals surface area contributed by atoms with Crippen LogP contribution in [0.4, 0.5) is 0 Å². The van der Waals surface area contributed by atoms with Gasteiger partial charge in [-0.1, -0.05) is 6.92 Å². The molecule has 150 valence electrons. The molecule has 1 aliphatic rings. The summed E-state index contributed by atoms with van der Waals surface area (Å²) in [4.78, 5) is 37.8. The largest absolute Gasteiger partial charge is 0.347 e. The van der Waals surface area contributed by atoms with Gasteiger partial charge in [0.05, 0.1) is 18.9 Å². The van der Waals surface area contributed by atoms with Gasteiger partial charge in [-0.2, -0.15) is 0 Å². The Morgan fingerprint density at radius 1 is 1.22 bits per heavy atom. The zero-order valence-corrected chi connectivity index (χ0v) is 16.9. The third kappa shape index (κ3) is 5.70. The number of carbonyl (C=O) groups excluding carboxylic acids is 2. The zero-order valence-electron chi connectivity index (χ0n) is 16.9. The SMILES string of the molecule is CC1CCN(C(=NCC(=O)N(C)C)NCC(=O)N(C)C)CC1n1ccnc1. The van der Waals surface area contributed by atoms with Crippen molar-refractivity contribution in [1.82, 2.24) is 29.6 Å². The molecule has 0 aromatic carbocycles. The van der Waals surface area contributed by atoms with Crippen molar-refractivity contribution >= 4 is 17.8 Å². The number of likely N-dealkylation sites (N-methyl/N-ethyl adjacent to an activating group) is 2. The molecule has 1 N–H and O–H groups in total. The van der Waals surface area contributed by atoms with Gasteiger partial charge in [0.1, 0.15) is 6.54 Å². The van der Waals surface area contributed by atoms with Crippen molar-refractivity contribution in [1.29, 1.82) is 0 Å². The number of imidazole rings is 1. The van der Waals surface area contributed by atoms with Gasteiger partial charge >= 0.3 is 0 Å². The quantitative estimate of drug-likeness (QED) is 0.572. The number of likely N-dealkylation sites (tertiary alicyclic amines) is 1. The maximum absolute atomic E-state index is 12.0. The summed E-state index contributed by atoms with van der Waals surface area (Å²) in [7, 11) is 6.85. The third-order valence-electron chi connectivity index (χ3n) is 4.89. The predicted molar refractivity (Wildman–Crippen MR) is 104 cm³/mol. The number of aromatic nitrogens is 2. The van der Waals surface area contributed by atoms with Crippen LogP contribution in [0.2, 0.25) is 0 Å². The maximum Gasteiger partial charge on any atom is 0.243 e. The summed E-state index contributed by atoms with van der Waals surface area (Å²) in [5.41, 5.74) is 0. The van der Waals surface area contributed by atoms with E-state index in [9.17, 15) is 9.59 Å². The summed E-state index contributed by atoms with van der Waals surface area (Å²) in [6.45, 7) is 3.99. The summed E-state index contributed by atoms with van der Waals surface area (Å²) >= 11 is 0. The van der Waals surface area contributed by atoms with Gasteiger partial charge in [0, 0.05) is 53.7 Å². The van der Waals surface area contributed by atoms with Gasteiger partial charge in [-0.3, -0.25) is 9.59 Å². The molecule has 27 heavy (non-hydrogen) atoms. The number of guanidine groups is 1. The normalized spacial score (nSPS) is 20.3. The molecule has 1 aromatic heterocycles. The molecule has 1 saturated heterocycles. The molecule has 0 spiro atoms. The minimum Gasteiger partial charge on any atom is -0.347 e. The molecular weight excluding hydrogens is 346 g/mol. The number of hydrogen-bond donors (Lipinski definition) is 1. The number of nitrogens with one attached hydrogen (secondary N) is 1. The molecule has 2 rings (SSSR count). The third-order valence-corrected chi connectivity index (χ3v) is 4.89. The second-order valence-corrected chi connectivity index (χ2v) is 7.36. The van der Waals surface area contributed by atoms with E-state index in [0.29, 0.717) is 11.9 Å². The molecule has 2 unspecified atom stereocenters. The Hall–Kier alpha value is -2.58. The highest BCUT2D eigenvalue weighted by Crippen LogP contribution is 2.27. The average molecular weight is 377 g/mol. The highest BCUT2D eigenvalue weighted by atomic mass is 16.2. The number of carbonyl (C=O) groups is 2. The molecule has 0 saturated carbocycles. The molecule has 0 radical (unpaired) electrons. The highest BCUT2D eigenvalue weighted by molar-refractivity contribution is 5.88. The second-order valence-electron chi connectivity index (χ2n) is 7.36. The molecular formula is C18H31N7O2. The Morgan fingerprint density at radius 2 is 1.93 bits per heavy atom. The van der Waals surface area contributed by atoms with Crippen molar-refractivity contribution in [2.45, 2.75) is 19.4 Å². The first-order valence-corrected chi connectivity index (χ1v) is 9.20. The van der Waals surface area contributed by atoms with Gasteiger partial charge in [-0.05, 0) is 12.3 Å². The minimum atomic E-state index is -0.0789. The predicted octanol–water partition coefficient (Wildman–Crippen LogP) is -0.112. The number of hydrogen-bond acceptors (Lipinski definition) is 4. The van der Waals surface area contributed by atoms with E-state index < -0.39 is 0 Å². The van der Waals surface area contributed by atoms with E-state index in [1.54, 1.807) is 34.4 Å². The average Bonchev–Trinajstić information content (AvgIpc) is 3.16. The topological polar surface area (TPSA) is 86.1 Å². The fourth-order valence-corrected chi connectivity index (χ4v) is 2.96. The van der Waals surface area contributed by atoms with E-state index in [1.165, 1.54) is 9.80 Å².